The second-order valence-corrected chi connectivity index (χ2v) is 6.55. The molecule has 6 nitrogen and oxygen atoms in total. The van der Waals surface area contributed by atoms with Gasteiger partial charge in [0.1, 0.15) is 0 Å². The van der Waals surface area contributed by atoms with E-state index in [0.717, 1.165) is 4.31 Å². The van der Waals surface area contributed by atoms with Gasteiger partial charge in [-0.05, 0) is 25.5 Å². The molecule has 0 saturated heterocycles. The van der Waals surface area contributed by atoms with E-state index in [-0.39, 0.29) is 18.3 Å². The molecule has 0 bridgehead atoms. The number of amides is 1. The zero-order valence-electron chi connectivity index (χ0n) is 11.4. The monoisotopic (exact) mass is 295 g/mol. The number of hydrogen-bond donors (Lipinski definition) is 1. The third-order valence-electron chi connectivity index (χ3n) is 2.72. The summed E-state index contributed by atoms with van der Waals surface area (Å²) in [6.07, 6.45) is 0. The van der Waals surface area contributed by atoms with Crippen molar-refractivity contribution in [1.82, 2.24) is 4.31 Å². The molecule has 0 aliphatic carbocycles. The number of nitriles is 1. The molecule has 0 aliphatic rings. The molecule has 0 aromatic heterocycles. The van der Waals surface area contributed by atoms with E-state index in [1.54, 1.807) is 38.1 Å². The molecule has 0 spiro atoms. The van der Waals surface area contributed by atoms with Crippen LogP contribution in [0.2, 0.25) is 0 Å². The predicted molar refractivity (Wildman–Crippen MR) is 74.8 cm³/mol. The largest absolute Gasteiger partial charge is 0.369 e. The minimum atomic E-state index is -3.72. The molecule has 0 aliphatic heterocycles. The van der Waals surface area contributed by atoms with Gasteiger partial charge in [-0.25, -0.2) is 8.42 Å². The molecule has 20 heavy (non-hydrogen) atoms. The maximum Gasteiger partial charge on any atom is 0.232 e. The highest BCUT2D eigenvalue weighted by atomic mass is 32.2. The molecule has 1 rings (SSSR count). The van der Waals surface area contributed by atoms with Gasteiger partial charge in [0.2, 0.25) is 15.9 Å². The summed E-state index contributed by atoms with van der Waals surface area (Å²) in [6, 6.07) is 8.03. The van der Waals surface area contributed by atoms with Crippen molar-refractivity contribution in [2.45, 2.75) is 25.6 Å². The molecule has 1 amide bonds. The summed E-state index contributed by atoms with van der Waals surface area (Å²) in [6.45, 7) is 2.96. The molecule has 0 saturated carbocycles. The summed E-state index contributed by atoms with van der Waals surface area (Å²) in [4.78, 5) is 11.0. The lowest BCUT2D eigenvalue weighted by atomic mass is 10.1. The van der Waals surface area contributed by atoms with Crippen LogP contribution in [0.4, 0.5) is 0 Å². The Kier molecular flexibility index (Phi) is 5.25. The average molecular weight is 295 g/mol. The zero-order chi connectivity index (χ0) is 15.3. The van der Waals surface area contributed by atoms with Gasteiger partial charge in [-0.3, -0.25) is 4.79 Å². The van der Waals surface area contributed by atoms with E-state index in [4.69, 9.17) is 11.0 Å². The lowest BCUT2D eigenvalue weighted by Crippen LogP contribution is -2.43. The Morgan fingerprint density at radius 1 is 1.40 bits per heavy atom. The van der Waals surface area contributed by atoms with Crippen LogP contribution in [-0.4, -0.2) is 31.2 Å². The Labute approximate surface area is 118 Å². The average Bonchev–Trinajstić information content (AvgIpc) is 2.35. The number of rotatable bonds is 6. The molecule has 108 valence electrons. The Morgan fingerprint density at radius 2 is 2.00 bits per heavy atom. The number of nitrogens with zero attached hydrogens (tertiary/aromatic N) is 2. The van der Waals surface area contributed by atoms with Gasteiger partial charge < -0.3 is 5.73 Å². The van der Waals surface area contributed by atoms with Crippen molar-refractivity contribution in [1.29, 1.82) is 5.26 Å². The Balaban J connectivity index is 3.10. The zero-order valence-corrected chi connectivity index (χ0v) is 12.2. The number of hydrogen-bond acceptors (Lipinski definition) is 4. The van der Waals surface area contributed by atoms with Gasteiger partial charge in [-0.1, -0.05) is 18.2 Å². The molecule has 0 fully saturated rings. The lowest BCUT2D eigenvalue weighted by molar-refractivity contribution is -0.118. The standard InChI is InChI=1S/C13H17N3O3S/c1-10(2)16(8-13(15)17)20(18,19)9-12-6-4-3-5-11(12)7-14/h3-6,10H,8-9H2,1-2H3,(H2,15,17). The van der Waals surface area contributed by atoms with E-state index in [1.165, 1.54) is 0 Å². The highest BCUT2D eigenvalue weighted by molar-refractivity contribution is 7.88. The van der Waals surface area contributed by atoms with Crippen LogP contribution in [0.5, 0.6) is 0 Å². The molecule has 7 heteroatoms. The van der Waals surface area contributed by atoms with Crippen LogP contribution in [0.15, 0.2) is 24.3 Å². The molecule has 1 aromatic rings. The van der Waals surface area contributed by atoms with Gasteiger partial charge in [0.05, 0.1) is 23.9 Å². The van der Waals surface area contributed by atoms with Gasteiger partial charge in [0.25, 0.3) is 0 Å². The number of carbonyl (C=O) groups excluding carboxylic acids is 1. The van der Waals surface area contributed by atoms with Gasteiger partial charge in [-0.15, -0.1) is 0 Å². The molecular formula is C13H17N3O3S. The highest BCUT2D eigenvalue weighted by Gasteiger charge is 2.27. The molecule has 0 radical (unpaired) electrons. The summed E-state index contributed by atoms with van der Waals surface area (Å²) in [5.74, 6) is -1.04. The minimum absolute atomic E-state index is 0.304. The van der Waals surface area contributed by atoms with E-state index in [9.17, 15) is 13.2 Å². The van der Waals surface area contributed by atoms with Crippen LogP contribution in [0, 0.1) is 11.3 Å². The summed E-state index contributed by atoms with van der Waals surface area (Å²) >= 11 is 0. The van der Waals surface area contributed by atoms with E-state index in [0.29, 0.717) is 11.1 Å². The Hall–Kier alpha value is -1.91. The van der Waals surface area contributed by atoms with Crippen LogP contribution in [-0.2, 0) is 20.6 Å². The molecule has 0 atom stereocenters. The van der Waals surface area contributed by atoms with E-state index < -0.39 is 15.9 Å². The minimum Gasteiger partial charge on any atom is -0.369 e. The summed E-state index contributed by atoms with van der Waals surface area (Å²) in [5, 5.41) is 8.98. The summed E-state index contributed by atoms with van der Waals surface area (Å²) in [7, 11) is -3.72. The number of primary amides is 1. The summed E-state index contributed by atoms with van der Waals surface area (Å²) in [5.41, 5.74) is 5.79. The number of sulfonamides is 1. The molecular weight excluding hydrogens is 278 g/mol. The van der Waals surface area contributed by atoms with Gasteiger partial charge >= 0.3 is 0 Å². The fourth-order valence-electron chi connectivity index (χ4n) is 1.79. The van der Waals surface area contributed by atoms with Crippen molar-refractivity contribution in [2.24, 2.45) is 5.73 Å². The maximum absolute atomic E-state index is 12.4. The van der Waals surface area contributed by atoms with Gasteiger partial charge in [0, 0.05) is 6.04 Å². The van der Waals surface area contributed by atoms with Crippen molar-refractivity contribution >= 4 is 15.9 Å². The first-order valence-electron chi connectivity index (χ1n) is 6.03. The van der Waals surface area contributed by atoms with Crippen LogP contribution in [0.1, 0.15) is 25.0 Å². The summed E-state index contributed by atoms with van der Waals surface area (Å²) < 4.78 is 25.8. The van der Waals surface area contributed by atoms with Crippen molar-refractivity contribution in [3.8, 4) is 6.07 Å². The van der Waals surface area contributed by atoms with Crippen molar-refractivity contribution in [3.63, 3.8) is 0 Å². The lowest BCUT2D eigenvalue weighted by Gasteiger charge is -2.24. The molecule has 2 N–H and O–H groups in total. The third kappa shape index (κ3) is 4.05. The fourth-order valence-corrected chi connectivity index (χ4v) is 3.57. The number of nitrogens with two attached hydrogens (primary N) is 1. The molecule has 1 aromatic carbocycles. The second kappa shape index (κ2) is 6.50. The van der Waals surface area contributed by atoms with Crippen LogP contribution in [0.25, 0.3) is 0 Å². The van der Waals surface area contributed by atoms with E-state index in [1.807, 2.05) is 6.07 Å². The van der Waals surface area contributed by atoms with Crippen molar-refractivity contribution in [2.75, 3.05) is 6.54 Å². The topological polar surface area (TPSA) is 104 Å². The first-order chi connectivity index (χ1) is 9.27. The third-order valence-corrected chi connectivity index (χ3v) is 4.66. The first-order valence-corrected chi connectivity index (χ1v) is 7.64. The van der Waals surface area contributed by atoms with Crippen molar-refractivity contribution < 1.29 is 13.2 Å². The Bertz CT molecular complexity index is 633. The fraction of sp³-hybridized carbons (Fsp3) is 0.385. The van der Waals surface area contributed by atoms with Gasteiger partial charge in [-0.2, -0.15) is 9.57 Å². The van der Waals surface area contributed by atoms with Gasteiger partial charge in [0.15, 0.2) is 0 Å². The van der Waals surface area contributed by atoms with Crippen molar-refractivity contribution in [3.05, 3.63) is 35.4 Å². The number of carbonyl (C=O) groups is 1. The Morgan fingerprint density at radius 3 is 2.50 bits per heavy atom. The predicted octanol–water partition coefficient (Wildman–Crippen LogP) is 0.584. The van der Waals surface area contributed by atoms with Crippen LogP contribution >= 0.6 is 0 Å². The van der Waals surface area contributed by atoms with E-state index >= 15 is 0 Å². The van der Waals surface area contributed by atoms with Crippen LogP contribution < -0.4 is 5.73 Å². The smallest absolute Gasteiger partial charge is 0.232 e. The maximum atomic E-state index is 12.4. The normalized spacial score (nSPS) is 11.6. The molecule has 0 unspecified atom stereocenters. The van der Waals surface area contributed by atoms with E-state index in [2.05, 4.69) is 0 Å². The number of benzene rings is 1. The second-order valence-electron chi connectivity index (χ2n) is 4.63. The first kappa shape index (κ1) is 16.1. The van der Waals surface area contributed by atoms with Crippen LogP contribution in [0.3, 0.4) is 0 Å². The SMILES string of the molecule is CC(C)N(CC(N)=O)S(=O)(=O)Cc1ccccc1C#N. The quantitative estimate of drug-likeness (QED) is 0.829. The highest BCUT2D eigenvalue weighted by Crippen LogP contribution is 2.16. The molecule has 0 heterocycles.